The van der Waals surface area contributed by atoms with Gasteiger partial charge in [-0.1, -0.05) is 12.1 Å². The molecule has 1 saturated heterocycles. The van der Waals surface area contributed by atoms with E-state index in [1.807, 2.05) is 6.07 Å². The van der Waals surface area contributed by atoms with Crippen molar-refractivity contribution in [3.05, 3.63) is 35.4 Å². The molecule has 1 heterocycles. The number of ether oxygens (including phenoxy) is 1. The summed E-state index contributed by atoms with van der Waals surface area (Å²) in [6.45, 7) is 5.26. The first kappa shape index (κ1) is 22.0. The van der Waals surface area contributed by atoms with E-state index in [0.717, 1.165) is 11.5 Å². The number of nitrogens with zero attached hydrogens (tertiary/aromatic N) is 3. The third-order valence-corrected chi connectivity index (χ3v) is 3.98. The standard InChI is InChI=1S/C17H25N5O3.HI/c1-3-25-17(24)22-9-7-21(8-10-22)16(19-2)20-12-13-5-4-6-14(11-13)15(18)23;/h4-6,11H,3,7-10,12H2,1-2H3,(H2,18,23)(H,19,20);1H. The fraction of sp³-hybridized carbons (Fsp3) is 0.471. The minimum absolute atomic E-state index is 0. The molecular weight excluding hydrogens is 449 g/mol. The number of hydrogen-bond acceptors (Lipinski definition) is 4. The van der Waals surface area contributed by atoms with E-state index in [1.54, 1.807) is 37.1 Å². The molecule has 3 N–H and O–H groups in total. The monoisotopic (exact) mass is 475 g/mol. The number of halogens is 1. The van der Waals surface area contributed by atoms with Crippen LogP contribution >= 0.6 is 24.0 Å². The number of guanidine groups is 1. The maximum atomic E-state index is 11.7. The summed E-state index contributed by atoms with van der Waals surface area (Å²) in [5, 5.41) is 3.28. The molecule has 1 aromatic rings. The fourth-order valence-electron chi connectivity index (χ4n) is 2.66. The van der Waals surface area contributed by atoms with Crippen LogP contribution in [0.1, 0.15) is 22.8 Å². The molecule has 1 fully saturated rings. The van der Waals surface area contributed by atoms with E-state index < -0.39 is 5.91 Å². The molecule has 1 aliphatic heterocycles. The molecule has 0 saturated carbocycles. The second-order valence-electron chi connectivity index (χ2n) is 5.64. The van der Waals surface area contributed by atoms with Crippen molar-refractivity contribution in [2.75, 3.05) is 39.8 Å². The number of benzene rings is 1. The van der Waals surface area contributed by atoms with Gasteiger partial charge in [0.25, 0.3) is 0 Å². The van der Waals surface area contributed by atoms with Gasteiger partial charge in [0.2, 0.25) is 5.91 Å². The normalized spacial score (nSPS) is 14.5. The van der Waals surface area contributed by atoms with Crippen LogP contribution in [0, 0.1) is 0 Å². The number of hydrogen-bond donors (Lipinski definition) is 2. The van der Waals surface area contributed by atoms with Crippen LogP contribution in [0.15, 0.2) is 29.3 Å². The number of rotatable bonds is 4. The zero-order chi connectivity index (χ0) is 18.2. The van der Waals surface area contributed by atoms with Gasteiger partial charge in [-0.2, -0.15) is 0 Å². The Hall–Kier alpha value is -2.04. The highest BCUT2D eigenvalue weighted by atomic mass is 127. The van der Waals surface area contributed by atoms with E-state index in [2.05, 4.69) is 15.2 Å². The third-order valence-electron chi connectivity index (χ3n) is 3.98. The Labute approximate surface area is 170 Å². The van der Waals surface area contributed by atoms with Crippen LogP contribution in [0.3, 0.4) is 0 Å². The number of nitrogens with two attached hydrogens (primary N) is 1. The highest BCUT2D eigenvalue weighted by Crippen LogP contribution is 2.07. The number of nitrogens with one attached hydrogen (secondary N) is 1. The van der Waals surface area contributed by atoms with Gasteiger partial charge >= 0.3 is 6.09 Å². The number of aliphatic imine (C=N–C) groups is 1. The summed E-state index contributed by atoms with van der Waals surface area (Å²) in [6, 6.07) is 7.18. The highest BCUT2D eigenvalue weighted by Gasteiger charge is 2.23. The lowest BCUT2D eigenvalue weighted by Crippen LogP contribution is -2.53. The summed E-state index contributed by atoms with van der Waals surface area (Å²) in [5.74, 6) is 0.314. The van der Waals surface area contributed by atoms with Crippen LogP contribution in [0.4, 0.5) is 4.79 Å². The maximum absolute atomic E-state index is 11.7. The number of primary amides is 1. The molecule has 2 rings (SSSR count). The molecule has 26 heavy (non-hydrogen) atoms. The van der Waals surface area contributed by atoms with Gasteiger partial charge in [-0.15, -0.1) is 24.0 Å². The summed E-state index contributed by atoms with van der Waals surface area (Å²) >= 11 is 0. The van der Waals surface area contributed by atoms with E-state index in [4.69, 9.17) is 10.5 Å². The lowest BCUT2D eigenvalue weighted by Gasteiger charge is -2.35. The van der Waals surface area contributed by atoms with Gasteiger partial charge in [-0.05, 0) is 24.6 Å². The van der Waals surface area contributed by atoms with Gasteiger partial charge < -0.3 is 25.6 Å². The summed E-state index contributed by atoms with van der Waals surface area (Å²) in [5.41, 5.74) is 6.74. The van der Waals surface area contributed by atoms with Crippen molar-refractivity contribution in [1.82, 2.24) is 15.1 Å². The van der Waals surface area contributed by atoms with Gasteiger partial charge in [0.15, 0.2) is 5.96 Å². The molecule has 9 heteroatoms. The predicted molar refractivity (Wildman–Crippen MR) is 111 cm³/mol. The quantitative estimate of drug-likeness (QED) is 0.388. The lowest BCUT2D eigenvalue weighted by molar-refractivity contribution is 0.0914. The van der Waals surface area contributed by atoms with Crippen molar-refractivity contribution < 1.29 is 14.3 Å². The minimum atomic E-state index is -0.443. The fourth-order valence-corrected chi connectivity index (χ4v) is 2.66. The Morgan fingerprint density at radius 3 is 2.46 bits per heavy atom. The zero-order valence-corrected chi connectivity index (χ0v) is 17.4. The molecule has 8 nitrogen and oxygen atoms in total. The summed E-state index contributed by atoms with van der Waals surface area (Å²) in [7, 11) is 1.72. The number of piperazine rings is 1. The molecule has 1 aliphatic rings. The van der Waals surface area contributed by atoms with E-state index in [1.165, 1.54) is 0 Å². The van der Waals surface area contributed by atoms with E-state index in [9.17, 15) is 9.59 Å². The number of carbonyl (C=O) groups excluding carboxylic acids is 2. The maximum Gasteiger partial charge on any atom is 0.409 e. The van der Waals surface area contributed by atoms with Crippen LogP contribution in [0.2, 0.25) is 0 Å². The van der Waals surface area contributed by atoms with Crippen molar-refractivity contribution in [2.24, 2.45) is 10.7 Å². The van der Waals surface area contributed by atoms with Crippen molar-refractivity contribution in [2.45, 2.75) is 13.5 Å². The van der Waals surface area contributed by atoms with Gasteiger partial charge in [-0.3, -0.25) is 9.79 Å². The van der Waals surface area contributed by atoms with Crippen LogP contribution in [-0.4, -0.2) is 67.6 Å². The highest BCUT2D eigenvalue weighted by molar-refractivity contribution is 14.0. The molecule has 1 aromatic carbocycles. The van der Waals surface area contributed by atoms with Gasteiger partial charge in [-0.25, -0.2) is 4.79 Å². The van der Waals surface area contributed by atoms with Gasteiger partial charge in [0.1, 0.15) is 0 Å². The first-order valence-corrected chi connectivity index (χ1v) is 8.31. The molecule has 144 valence electrons. The smallest absolute Gasteiger partial charge is 0.409 e. The third kappa shape index (κ3) is 6.04. The van der Waals surface area contributed by atoms with Crippen molar-refractivity contribution in [3.63, 3.8) is 0 Å². The average molecular weight is 475 g/mol. The SMILES string of the molecule is CCOC(=O)N1CCN(C(=NC)NCc2cccc(C(N)=O)c2)CC1.I. The van der Waals surface area contributed by atoms with E-state index in [-0.39, 0.29) is 30.1 Å². The van der Waals surface area contributed by atoms with Crippen molar-refractivity contribution in [1.29, 1.82) is 0 Å². The molecule has 0 aromatic heterocycles. The number of carbonyl (C=O) groups is 2. The van der Waals surface area contributed by atoms with Crippen molar-refractivity contribution in [3.8, 4) is 0 Å². The van der Waals surface area contributed by atoms with Crippen LogP contribution < -0.4 is 11.1 Å². The number of amides is 2. The lowest BCUT2D eigenvalue weighted by atomic mass is 10.1. The molecule has 0 radical (unpaired) electrons. The first-order valence-electron chi connectivity index (χ1n) is 8.31. The Kier molecular flexibility index (Phi) is 9.17. The minimum Gasteiger partial charge on any atom is -0.450 e. The molecular formula is C17H26IN5O3. The Balaban J connectivity index is 0.00000338. The Bertz CT molecular complexity index is 645. The largest absolute Gasteiger partial charge is 0.450 e. The zero-order valence-electron chi connectivity index (χ0n) is 15.1. The summed E-state index contributed by atoms with van der Waals surface area (Å²) in [6.07, 6.45) is -0.270. The van der Waals surface area contributed by atoms with Crippen molar-refractivity contribution >= 4 is 41.9 Å². The predicted octanol–water partition coefficient (Wildman–Crippen LogP) is 1.25. The molecule has 2 amide bonds. The topological polar surface area (TPSA) is 100 Å². The molecule has 0 spiro atoms. The van der Waals surface area contributed by atoms with E-state index >= 15 is 0 Å². The van der Waals surface area contributed by atoms with Crippen LogP contribution in [-0.2, 0) is 11.3 Å². The second-order valence-corrected chi connectivity index (χ2v) is 5.64. The van der Waals surface area contributed by atoms with Crippen LogP contribution in [0.25, 0.3) is 0 Å². The Morgan fingerprint density at radius 1 is 1.23 bits per heavy atom. The molecule has 0 unspecified atom stereocenters. The first-order chi connectivity index (χ1) is 12.0. The van der Waals surface area contributed by atoms with E-state index in [0.29, 0.717) is 44.9 Å². The van der Waals surface area contributed by atoms with Gasteiger partial charge in [0.05, 0.1) is 6.61 Å². The average Bonchev–Trinajstić information content (AvgIpc) is 2.63. The second kappa shape index (κ2) is 10.8. The molecule has 0 bridgehead atoms. The summed E-state index contributed by atoms with van der Waals surface area (Å²) in [4.78, 5) is 31.1. The molecule has 0 aliphatic carbocycles. The summed E-state index contributed by atoms with van der Waals surface area (Å²) < 4.78 is 5.02. The molecule has 0 atom stereocenters. The van der Waals surface area contributed by atoms with Gasteiger partial charge in [0, 0.05) is 45.3 Å². The Morgan fingerprint density at radius 2 is 1.88 bits per heavy atom. The van der Waals surface area contributed by atoms with Crippen LogP contribution in [0.5, 0.6) is 0 Å².